The molecule has 3 aromatic carbocycles. The first-order chi connectivity index (χ1) is 17.8. The smallest absolute Gasteiger partial charge is 0.267 e. The molecule has 0 bridgehead atoms. The third kappa shape index (κ3) is 6.16. The van der Waals surface area contributed by atoms with Gasteiger partial charge in [0.2, 0.25) is 0 Å². The van der Waals surface area contributed by atoms with E-state index >= 15 is 0 Å². The van der Waals surface area contributed by atoms with Crippen LogP contribution in [0.1, 0.15) is 36.7 Å². The van der Waals surface area contributed by atoms with E-state index in [4.69, 9.17) is 0 Å². The second-order valence-electron chi connectivity index (χ2n) is 9.29. The molecule has 0 spiro atoms. The first-order valence-corrected chi connectivity index (χ1v) is 14.6. The Morgan fingerprint density at radius 2 is 1.61 bits per heavy atom. The molecule has 1 atom stereocenters. The number of rotatable bonds is 7. The van der Waals surface area contributed by atoms with E-state index in [1.165, 1.54) is 54.7 Å². The average molecular weight is 574 g/mol. The molecule has 1 aromatic heterocycles. The van der Waals surface area contributed by atoms with Gasteiger partial charge < -0.3 is 0 Å². The Balaban J connectivity index is 1.52. The number of hydrogen-bond acceptors (Lipinski definition) is 6. The summed E-state index contributed by atoms with van der Waals surface area (Å²) in [5, 5.41) is 0.857. The molecule has 8 nitrogen and oxygen atoms in total. The standard InChI is InChI=1S/C26H24FN3O5S3/c1-26(2,3)19-8-14-22(15-9-19)38(34,35)29-24(31)17-6-12-21(13-7-17)30(37(32)33)23-16-28-25(36-23)18-4-10-20(27)11-5-18/h4-16H,1-3H3,(H,29,31)(H,32,33). The van der Waals surface area contributed by atoms with Crippen LogP contribution in [-0.2, 0) is 26.7 Å². The minimum atomic E-state index is -4.11. The Hall–Kier alpha value is -3.45. The van der Waals surface area contributed by atoms with Crippen LogP contribution < -0.4 is 9.03 Å². The summed E-state index contributed by atoms with van der Waals surface area (Å²) >= 11 is -1.35. The van der Waals surface area contributed by atoms with Crippen LogP contribution >= 0.6 is 11.3 Å². The van der Waals surface area contributed by atoms with Gasteiger partial charge in [-0.05, 0) is 71.6 Å². The molecule has 1 heterocycles. The molecule has 198 valence electrons. The number of hydrogen-bond donors (Lipinski definition) is 2. The van der Waals surface area contributed by atoms with Crippen LogP contribution in [0.2, 0.25) is 0 Å². The van der Waals surface area contributed by atoms with E-state index in [2.05, 4.69) is 9.71 Å². The van der Waals surface area contributed by atoms with Crippen LogP contribution in [0.25, 0.3) is 10.6 Å². The molecule has 0 fully saturated rings. The van der Waals surface area contributed by atoms with Crippen molar-refractivity contribution in [2.24, 2.45) is 0 Å². The highest BCUT2D eigenvalue weighted by Crippen LogP contribution is 2.36. The predicted octanol–water partition coefficient (Wildman–Crippen LogP) is 5.64. The van der Waals surface area contributed by atoms with Gasteiger partial charge in [0.1, 0.15) is 15.8 Å². The number of amides is 1. The van der Waals surface area contributed by atoms with Gasteiger partial charge in [-0.3, -0.25) is 9.35 Å². The molecule has 12 heteroatoms. The van der Waals surface area contributed by atoms with Crippen molar-refractivity contribution in [3.05, 3.63) is 95.9 Å². The van der Waals surface area contributed by atoms with Crippen LogP contribution in [0.5, 0.6) is 0 Å². The molecule has 1 unspecified atom stereocenters. The zero-order valence-corrected chi connectivity index (χ0v) is 23.0. The Bertz CT molecular complexity index is 1580. The summed E-state index contributed by atoms with van der Waals surface area (Å²) in [7, 11) is -4.11. The van der Waals surface area contributed by atoms with Gasteiger partial charge in [0.25, 0.3) is 27.2 Å². The number of sulfonamides is 1. The molecule has 4 aromatic rings. The zero-order chi connectivity index (χ0) is 27.7. The van der Waals surface area contributed by atoms with E-state index in [9.17, 15) is 26.4 Å². The van der Waals surface area contributed by atoms with Crippen molar-refractivity contribution < 1.29 is 26.4 Å². The molecule has 38 heavy (non-hydrogen) atoms. The van der Waals surface area contributed by atoms with E-state index in [0.29, 0.717) is 15.6 Å². The van der Waals surface area contributed by atoms with Gasteiger partial charge in [0, 0.05) is 11.1 Å². The second-order valence-corrected chi connectivity index (χ2v) is 12.8. The van der Waals surface area contributed by atoms with Crippen LogP contribution in [0.4, 0.5) is 15.1 Å². The molecule has 0 saturated carbocycles. The van der Waals surface area contributed by atoms with E-state index in [1.807, 2.05) is 20.8 Å². The van der Waals surface area contributed by atoms with Gasteiger partial charge in [-0.25, -0.2) is 31.0 Å². The Labute approximate surface area is 226 Å². The lowest BCUT2D eigenvalue weighted by atomic mass is 9.87. The Morgan fingerprint density at radius 1 is 1.00 bits per heavy atom. The van der Waals surface area contributed by atoms with Crippen molar-refractivity contribution in [2.45, 2.75) is 31.1 Å². The molecular formula is C26H24FN3O5S3. The number of thiazole rings is 1. The Kier molecular flexibility index (Phi) is 7.79. The van der Waals surface area contributed by atoms with Crippen LogP contribution in [0.3, 0.4) is 0 Å². The van der Waals surface area contributed by atoms with E-state index in [1.54, 1.807) is 24.3 Å². The van der Waals surface area contributed by atoms with Gasteiger partial charge in [-0.1, -0.05) is 44.2 Å². The highest BCUT2D eigenvalue weighted by molar-refractivity contribution is 7.90. The maximum absolute atomic E-state index is 13.2. The Morgan fingerprint density at radius 3 is 2.16 bits per heavy atom. The molecule has 0 aliphatic heterocycles. The topological polar surface area (TPSA) is 117 Å². The lowest BCUT2D eigenvalue weighted by Crippen LogP contribution is -2.30. The van der Waals surface area contributed by atoms with E-state index < -0.39 is 27.2 Å². The fourth-order valence-electron chi connectivity index (χ4n) is 3.50. The predicted molar refractivity (Wildman–Crippen MR) is 147 cm³/mol. The fourth-order valence-corrected chi connectivity index (χ4v) is 6.13. The number of carbonyl (C=O) groups excluding carboxylic acids is 1. The number of aromatic nitrogens is 1. The maximum Gasteiger partial charge on any atom is 0.267 e. The summed E-state index contributed by atoms with van der Waals surface area (Å²) < 4.78 is 63.9. The first-order valence-electron chi connectivity index (χ1n) is 11.3. The van der Waals surface area contributed by atoms with Crippen LogP contribution in [-0.4, -0.2) is 28.1 Å². The highest BCUT2D eigenvalue weighted by Gasteiger charge is 2.22. The van der Waals surface area contributed by atoms with Gasteiger partial charge in [0.15, 0.2) is 0 Å². The van der Waals surface area contributed by atoms with E-state index in [0.717, 1.165) is 21.2 Å². The SMILES string of the molecule is CC(C)(C)c1ccc(S(=O)(=O)NC(=O)c2ccc(N(c3cnc(-c4ccc(F)cc4)s3)S(=O)O)cc2)cc1. The third-order valence-corrected chi connectivity index (χ3v) is 8.78. The number of anilines is 2. The highest BCUT2D eigenvalue weighted by atomic mass is 32.2. The molecule has 4 rings (SSSR count). The summed E-state index contributed by atoms with van der Waals surface area (Å²) in [5.41, 5.74) is 1.77. The minimum Gasteiger partial charge on any atom is -0.289 e. The summed E-state index contributed by atoms with van der Waals surface area (Å²) in [6, 6.07) is 17.6. The largest absolute Gasteiger partial charge is 0.289 e. The summed E-state index contributed by atoms with van der Waals surface area (Å²) in [6.07, 6.45) is 1.41. The zero-order valence-electron chi connectivity index (χ0n) is 20.6. The molecule has 0 aliphatic carbocycles. The van der Waals surface area contributed by atoms with E-state index in [-0.39, 0.29) is 27.4 Å². The maximum atomic E-state index is 13.2. The van der Waals surface area contributed by atoms with Gasteiger partial charge in [-0.2, -0.15) is 0 Å². The first kappa shape index (κ1) is 27.6. The van der Waals surface area contributed by atoms with Crippen molar-refractivity contribution in [2.75, 3.05) is 4.31 Å². The van der Waals surface area contributed by atoms with Crippen molar-refractivity contribution >= 4 is 49.2 Å². The normalized spacial score (nSPS) is 12.7. The fraction of sp³-hybridized carbons (Fsp3) is 0.154. The molecule has 0 saturated heterocycles. The average Bonchev–Trinajstić information content (AvgIpc) is 3.33. The number of carbonyl (C=O) groups is 1. The number of nitrogens with one attached hydrogen (secondary N) is 1. The number of halogens is 1. The van der Waals surface area contributed by atoms with Crippen molar-refractivity contribution in [1.82, 2.24) is 9.71 Å². The van der Waals surface area contributed by atoms with Crippen LogP contribution in [0, 0.1) is 5.82 Å². The van der Waals surface area contributed by atoms with Crippen LogP contribution in [0.15, 0.2) is 83.9 Å². The monoisotopic (exact) mass is 573 g/mol. The summed E-state index contributed by atoms with van der Waals surface area (Å²) in [6.45, 7) is 6.03. The minimum absolute atomic E-state index is 0.0422. The van der Waals surface area contributed by atoms with Crippen molar-refractivity contribution in [3.63, 3.8) is 0 Å². The van der Waals surface area contributed by atoms with Crippen molar-refractivity contribution in [1.29, 1.82) is 0 Å². The molecule has 0 radical (unpaired) electrons. The lowest BCUT2D eigenvalue weighted by Gasteiger charge is -2.19. The number of benzene rings is 3. The summed E-state index contributed by atoms with van der Waals surface area (Å²) in [4.78, 5) is 16.9. The van der Waals surface area contributed by atoms with Gasteiger partial charge in [0.05, 0.1) is 16.8 Å². The van der Waals surface area contributed by atoms with Crippen molar-refractivity contribution in [3.8, 4) is 10.6 Å². The number of nitrogens with zero attached hydrogens (tertiary/aromatic N) is 2. The molecule has 1 amide bonds. The van der Waals surface area contributed by atoms with Gasteiger partial charge >= 0.3 is 0 Å². The molecular weight excluding hydrogens is 550 g/mol. The summed E-state index contributed by atoms with van der Waals surface area (Å²) in [5.74, 6) is -1.23. The lowest BCUT2D eigenvalue weighted by molar-refractivity contribution is 0.0981. The second kappa shape index (κ2) is 10.7. The third-order valence-electron chi connectivity index (χ3n) is 5.56. The molecule has 0 aliphatic rings. The quantitative estimate of drug-likeness (QED) is 0.277. The molecule has 2 N–H and O–H groups in total. The van der Waals surface area contributed by atoms with Gasteiger partial charge in [-0.15, -0.1) is 0 Å².